The van der Waals surface area contributed by atoms with Gasteiger partial charge >= 0.3 is 0 Å². The molecule has 3 aromatic rings. The van der Waals surface area contributed by atoms with Crippen LogP contribution in [-0.4, -0.2) is 20.1 Å². The highest BCUT2D eigenvalue weighted by molar-refractivity contribution is 9.10. The van der Waals surface area contributed by atoms with E-state index in [2.05, 4.69) is 37.2 Å². The predicted molar refractivity (Wildman–Crippen MR) is 134 cm³/mol. The molecule has 3 aromatic carbocycles. The topological polar surface area (TPSA) is 80.6 Å². The van der Waals surface area contributed by atoms with Gasteiger partial charge in [-0.1, -0.05) is 28.1 Å². The van der Waals surface area contributed by atoms with Gasteiger partial charge in [0.05, 0.1) is 18.7 Å². The second kappa shape index (κ2) is 11.5. The molecule has 0 aliphatic carbocycles. The molecule has 3 rings (SSSR count). The van der Waals surface area contributed by atoms with Gasteiger partial charge in [-0.15, -0.1) is 0 Å². The first-order chi connectivity index (χ1) is 15.9. The number of methoxy groups -OCH3 is 2. The number of benzene rings is 3. The summed E-state index contributed by atoms with van der Waals surface area (Å²) in [5.41, 5.74) is 2.11. The average molecular weight is 572 g/mol. The molecule has 33 heavy (non-hydrogen) atoms. The molecule has 1 N–H and O–H groups in total. The van der Waals surface area contributed by atoms with Crippen LogP contribution in [0.4, 0.5) is 5.69 Å². The van der Waals surface area contributed by atoms with Crippen LogP contribution in [0.15, 0.2) is 75.2 Å². The van der Waals surface area contributed by atoms with Crippen molar-refractivity contribution in [1.82, 2.24) is 0 Å². The molecule has 168 valence electrons. The first kappa shape index (κ1) is 24.4. The fourth-order valence-electron chi connectivity index (χ4n) is 2.89. The monoisotopic (exact) mass is 570 g/mol. The van der Waals surface area contributed by atoms with Gasteiger partial charge < -0.3 is 19.5 Å². The summed E-state index contributed by atoms with van der Waals surface area (Å²) < 4.78 is 18.2. The number of anilines is 1. The molecular weight excluding hydrogens is 552 g/mol. The molecule has 0 unspecified atom stereocenters. The zero-order valence-electron chi connectivity index (χ0n) is 17.9. The van der Waals surface area contributed by atoms with E-state index >= 15 is 0 Å². The number of carbonyl (C=O) groups is 1. The number of nitriles is 1. The van der Waals surface area contributed by atoms with E-state index < -0.39 is 5.91 Å². The number of halogens is 2. The molecule has 0 aliphatic heterocycles. The van der Waals surface area contributed by atoms with Crippen LogP contribution in [0.3, 0.4) is 0 Å². The molecule has 0 spiro atoms. The molecule has 0 saturated heterocycles. The van der Waals surface area contributed by atoms with Crippen LogP contribution in [0.5, 0.6) is 17.2 Å². The third-order valence-electron chi connectivity index (χ3n) is 4.57. The number of rotatable bonds is 8. The zero-order chi connectivity index (χ0) is 23.8. The lowest BCUT2D eigenvalue weighted by Crippen LogP contribution is -2.13. The number of nitrogens with zero attached hydrogens (tertiary/aromatic N) is 1. The molecule has 0 atom stereocenters. The van der Waals surface area contributed by atoms with Crippen molar-refractivity contribution in [2.75, 3.05) is 19.5 Å². The number of amides is 1. The van der Waals surface area contributed by atoms with Crippen molar-refractivity contribution in [2.24, 2.45) is 0 Å². The Bertz CT molecular complexity index is 1200. The van der Waals surface area contributed by atoms with Crippen LogP contribution < -0.4 is 19.5 Å². The molecule has 1 amide bonds. The number of carbonyl (C=O) groups excluding carboxylic acids is 1. The summed E-state index contributed by atoms with van der Waals surface area (Å²) in [5, 5.41) is 12.2. The van der Waals surface area contributed by atoms with Crippen molar-refractivity contribution in [3.8, 4) is 23.3 Å². The largest absolute Gasteiger partial charge is 0.497 e. The standard InChI is InChI=1S/C25H20Br2N2O4/c1-31-21-9-7-20(8-10-21)29-25(30)18(14-28)11-17-12-22(27)24(23(13-17)32-2)33-15-16-3-5-19(26)6-4-16/h3-13H,15H2,1-2H3,(H,29,30)/b18-11-. The van der Waals surface area contributed by atoms with Crippen molar-refractivity contribution in [3.63, 3.8) is 0 Å². The van der Waals surface area contributed by atoms with Gasteiger partial charge in [0, 0.05) is 10.2 Å². The molecule has 0 aromatic heterocycles. The maximum absolute atomic E-state index is 12.6. The Morgan fingerprint density at radius 3 is 2.33 bits per heavy atom. The molecule has 0 radical (unpaired) electrons. The van der Waals surface area contributed by atoms with Crippen molar-refractivity contribution < 1.29 is 19.0 Å². The van der Waals surface area contributed by atoms with Gasteiger partial charge in [-0.3, -0.25) is 4.79 Å². The van der Waals surface area contributed by atoms with E-state index in [1.165, 1.54) is 13.2 Å². The van der Waals surface area contributed by atoms with Crippen LogP contribution in [-0.2, 0) is 11.4 Å². The summed E-state index contributed by atoms with van der Waals surface area (Å²) in [6, 6.07) is 20.1. The molecule has 0 bridgehead atoms. The van der Waals surface area contributed by atoms with Gasteiger partial charge in [0.25, 0.3) is 5.91 Å². The summed E-state index contributed by atoms with van der Waals surface area (Å²) in [6.45, 7) is 0.352. The summed E-state index contributed by atoms with van der Waals surface area (Å²) >= 11 is 6.92. The van der Waals surface area contributed by atoms with Gasteiger partial charge in [0.2, 0.25) is 0 Å². The van der Waals surface area contributed by atoms with Gasteiger partial charge in [0.15, 0.2) is 11.5 Å². The third-order valence-corrected chi connectivity index (χ3v) is 5.69. The average Bonchev–Trinajstić information content (AvgIpc) is 2.83. The van der Waals surface area contributed by atoms with E-state index in [1.54, 1.807) is 43.5 Å². The maximum Gasteiger partial charge on any atom is 0.266 e. The van der Waals surface area contributed by atoms with E-state index in [-0.39, 0.29) is 5.57 Å². The quantitative estimate of drug-likeness (QED) is 0.251. The molecule has 0 heterocycles. The Balaban J connectivity index is 1.79. The van der Waals surface area contributed by atoms with Crippen LogP contribution in [0.1, 0.15) is 11.1 Å². The molecule has 8 heteroatoms. The minimum absolute atomic E-state index is 0.0525. The van der Waals surface area contributed by atoms with E-state index in [9.17, 15) is 10.1 Å². The van der Waals surface area contributed by atoms with Crippen LogP contribution in [0.2, 0.25) is 0 Å². The molecule has 0 fully saturated rings. The van der Waals surface area contributed by atoms with E-state index in [4.69, 9.17) is 14.2 Å². The highest BCUT2D eigenvalue weighted by Gasteiger charge is 2.14. The van der Waals surface area contributed by atoms with Gasteiger partial charge in [-0.25, -0.2) is 0 Å². The molecular formula is C25H20Br2N2O4. The number of ether oxygens (including phenoxy) is 3. The Labute approximate surface area is 209 Å². The Hall–Kier alpha value is -3.28. The summed E-state index contributed by atoms with van der Waals surface area (Å²) in [5.74, 6) is 1.15. The molecule has 0 aliphatic rings. The summed E-state index contributed by atoms with van der Waals surface area (Å²) in [7, 11) is 3.09. The normalized spacial score (nSPS) is 10.8. The number of nitrogens with one attached hydrogen (secondary N) is 1. The fraction of sp³-hybridized carbons (Fsp3) is 0.120. The van der Waals surface area contributed by atoms with E-state index in [0.29, 0.717) is 39.6 Å². The predicted octanol–water partition coefficient (Wildman–Crippen LogP) is 6.35. The first-order valence-corrected chi connectivity index (χ1v) is 11.3. The lowest BCUT2D eigenvalue weighted by Gasteiger charge is -2.14. The van der Waals surface area contributed by atoms with Crippen molar-refractivity contribution in [1.29, 1.82) is 5.26 Å². The summed E-state index contributed by atoms with van der Waals surface area (Å²) in [4.78, 5) is 12.6. The molecule has 0 saturated carbocycles. The Kier molecular flexibility index (Phi) is 8.52. The highest BCUT2D eigenvalue weighted by Crippen LogP contribution is 2.38. The van der Waals surface area contributed by atoms with E-state index in [0.717, 1.165) is 10.0 Å². The van der Waals surface area contributed by atoms with Gasteiger partial charge in [-0.05, 0) is 81.7 Å². The van der Waals surface area contributed by atoms with Crippen molar-refractivity contribution in [3.05, 3.63) is 86.3 Å². The van der Waals surface area contributed by atoms with Crippen molar-refractivity contribution >= 4 is 49.5 Å². The number of hydrogen-bond donors (Lipinski definition) is 1. The number of hydrogen-bond acceptors (Lipinski definition) is 5. The van der Waals surface area contributed by atoms with Crippen LogP contribution in [0, 0.1) is 11.3 Å². The second-order valence-electron chi connectivity index (χ2n) is 6.80. The second-order valence-corrected chi connectivity index (χ2v) is 8.57. The van der Waals surface area contributed by atoms with Crippen LogP contribution >= 0.6 is 31.9 Å². The lowest BCUT2D eigenvalue weighted by atomic mass is 10.1. The molecule has 6 nitrogen and oxygen atoms in total. The first-order valence-electron chi connectivity index (χ1n) is 9.75. The Morgan fingerprint density at radius 1 is 1.03 bits per heavy atom. The third kappa shape index (κ3) is 6.60. The minimum Gasteiger partial charge on any atom is -0.497 e. The van der Waals surface area contributed by atoms with Crippen LogP contribution in [0.25, 0.3) is 6.08 Å². The van der Waals surface area contributed by atoms with Gasteiger partial charge in [-0.2, -0.15) is 5.26 Å². The zero-order valence-corrected chi connectivity index (χ0v) is 21.1. The maximum atomic E-state index is 12.6. The highest BCUT2D eigenvalue weighted by atomic mass is 79.9. The minimum atomic E-state index is -0.520. The summed E-state index contributed by atoms with van der Waals surface area (Å²) in [6.07, 6.45) is 1.49. The van der Waals surface area contributed by atoms with E-state index in [1.807, 2.05) is 30.3 Å². The Morgan fingerprint density at radius 2 is 1.73 bits per heavy atom. The fourth-order valence-corrected chi connectivity index (χ4v) is 3.73. The SMILES string of the molecule is COc1ccc(NC(=O)/C(C#N)=C\c2cc(Br)c(OCc3ccc(Br)cc3)c(OC)c2)cc1. The lowest BCUT2D eigenvalue weighted by molar-refractivity contribution is -0.112. The van der Waals surface area contributed by atoms with Gasteiger partial charge in [0.1, 0.15) is 24.0 Å². The smallest absolute Gasteiger partial charge is 0.266 e. The van der Waals surface area contributed by atoms with Crippen molar-refractivity contribution in [2.45, 2.75) is 6.61 Å².